The molecule has 26 heavy (non-hydrogen) atoms. The van der Waals surface area contributed by atoms with E-state index in [-0.39, 0.29) is 11.5 Å². The number of aromatic nitrogens is 1. The Bertz CT molecular complexity index is 770. The van der Waals surface area contributed by atoms with Gasteiger partial charge >= 0.3 is 6.18 Å². The van der Waals surface area contributed by atoms with Gasteiger partial charge in [0.05, 0.1) is 12.7 Å². The van der Waals surface area contributed by atoms with Gasteiger partial charge in [0.1, 0.15) is 11.4 Å². The molecule has 138 valence electrons. The number of pyridine rings is 1. The smallest absolute Gasteiger partial charge is 0.433 e. The molecule has 0 atom stereocenters. The van der Waals surface area contributed by atoms with Crippen LogP contribution in [-0.4, -0.2) is 49.1 Å². The number of hydrogen-bond donors (Lipinski definition) is 0. The number of methoxy groups -OCH3 is 1. The minimum absolute atomic E-state index is 0.160. The molecule has 3 rings (SSSR count). The van der Waals surface area contributed by atoms with E-state index in [9.17, 15) is 18.0 Å². The zero-order chi connectivity index (χ0) is 18.7. The number of piperazine rings is 1. The first-order valence-corrected chi connectivity index (χ1v) is 8.10. The first-order chi connectivity index (χ1) is 12.4. The fourth-order valence-corrected chi connectivity index (χ4v) is 2.85. The summed E-state index contributed by atoms with van der Waals surface area (Å²) in [6.07, 6.45) is -3.52. The zero-order valence-corrected chi connectivity index (χ0v) is 14.2. The number of nitrogens with zero attached hydrogens (tertiary/aromatic N) is 3. The van der Waals surface area contributed by atoms with Crippen LogP contribution in [-0.2, 0) is 6.18 Å². The summed E-state index contributed by atoms with van der Waals surface area (Å²) in [6, 6.07) is 9.67. The van der Waals surface area contributed by atoms with Crippen LogP contribution in [0.5, 0.6) is 5.75 Å². The van der Waals surface area contributed by atoms with Crippen molar-refractivity contribution in [1.29, 1.82) is 0 Å². The Kier molecular flexibility index (Phi) is 5.01. The second-order valence-corrected chi connectivity index (χ2v) is 5.91. The molecule has 2 aromatic rings. The van der Waals surface area contributed by atoms with E-state index in [0.29, 0.717) is 26.2 Å². The van der Waals surface area contributed by atoms with Crippen LogP contribution in [0, 0.1) is 0 Å². The molecule has 0 unspecified atom stereocenters. The molecule has 0 N–H and O–H groups in total. The van der Waals surface area contributed by atoms with E-state index in [1.165, 1.54) is 6.07 Å². The average molecular weight is 365 g/mol. The van der Waals surface area contributed by atoms with Gasteiger partial charge in [0.25, 0.3) is 5.91 Å². The molecule has 0 bridgehead atoms. The second kappa shape index (κ2) is 7.23. The highest BCUT2D eigenvalue weighted by Gasteiger charge is 2.32. The number of benzene rings is 1. The minimum atomic E-state index is -4.51. The van der Waals surface area contributed by atoms with E-state index in [4.69, 9.17) is 4.74 Å². The Labute approximate surface area is 149 Å². The van der Waals surface area contributed by atoms with Gasteiger partial charge in [-0.1, -0.05) is 6.07 Å². The highest BCUT2D eigenvalue weighted by Crippen LogP contribution is 2.27. The van der Waals surface area contributed by atoms with E-state index in [2.05, 4.69) is 9.88 Å². The maximum atomic E-state index is 12.6. The molecule has 1 aromatic carbocycles. The van der Waals surface area contributed by atoms with Gasteiger partial charge in [0.15, 0.2) is 0 Å². The van der Waals surface area contributed by atoms with Crippen LogP contribution in [0.4, 0.5) is 18.9 Å². The van der Waals surface area contributed by atoms with Crippen molar-refractivity contribution in [2.75, 3.05) is 38.2 Å². The molecular formula is C18H18F3N3O2. The first kappa shape index (κ1) is 18.0. The molecule has 1 aliphatic rings. The summed E-state index contributed by atoms with van der Waals surface area (Å²) in [5.74, 6) is 0.452. The van der Waals surface area contributed by atoms with Crippen molar-refractivity contribution in [2.24, 2.45) is 0 Å². The van der Waals surface area contributed by atoms with Crippen LogP contribution >= 0.6 is 0 Å². The molecular weight excluding hydrogens is 347 g/mol. The van der Waals surface area contributed by atoms with Crippen LogP contribution in [0.15, 0.2) is 42.6 Å². The number of amides is 1. The molecule has 0 radical (unpaired) electrons. The minimum Gasteiger partial charge on any atom is -0.497 e. The molecule has 1 aliphatic heterocycles. The summed E-state index contributed by atoms with van der Waals surface area (Å²) in [4.78, 5) is 19.6. The summed E-state index contributed by atoms with van der Waals surface area (Å²) in [5.41, 5.74) is 0.164. The number of rotatable bonds is 3. The summed E-state index contributed by atoms with van der Waals surface area (Å²) in [7, 11) is 1.60. The van der Waals surface area contributed by atoms with Gasteiger partial charge in [-0.15, -0.1) is 0 Å². The fourth-order valence-electron chi connectivity index (χ4n) is 2.85. The van der Waals surface area contributed by atoms with Crippen LogP contribution in [0.1, 0.15) is 16.1 Å². The summed E-state index contributed by atoms with van der Waals surface area (Å²) >= 11 is 0. The monoisotopic (exact) mass is 365 g/mol. The van der Waals surface area contributed by atoms with Gasteiger partial charge in [-0.3, -0.25) is 9.78 Å². The van der Waals surface area contributed by atoms with Crippen molar-refractivity contribution >= 4 is 11.6 Å². The number of ether oxygens (including phenoxy) is 1. The summed E-state index contributed by atoms with van der Waals surface area (Å²) in [5, 5.41) is 0. The van der Waals surface area contributed by atoms with Crippen molar-refractivity contribution in [3.63, 3.8) is 0 Å². The maximum absolute atomic E-state index is 12.6. The van der Waals surface area contributed by atoms with Crippen molar-refractivity contribution in [2.45, 2.75) is 6.18 Å². The number of alkyl halides is 3. The Morgan fingerprint density at radius 2 is 1.85 bits per heavy atom. The molecule has 0 spiro atoms. The maximum Gasteiger partial charge on any atom is 0.433 e. The van der Waals surface area contributed by atoms with Crippen LogP contribution < -0.4 is 9.64 Å². The third kappa shape index (κ3) is 3.89. The molecule has 0 saturated carbocycles. The molecule has 1 amide bonds. The summed E-state index contributed by atoms with van der Waals surface area (Å²) in [6.45, 7) is 2.23. The molecule has 1 aromatic heterocycles. The van der Waals surface area contributed by atoms with Gasteiger partial charge in [-0.05, 0) is 24.3 Å². The third-order valence-electron chi connectivity index (χ3n) is 4.29. The molecule has 0 aliphatic carbocycles. The molecule has 5 nitrogen and oxygen atoms in total. The number of hydrogen-bond acceptors (Lipinski definition) is 4. The normalized spacial score (nSPS) is 15.1. The largest absolute Gasteiger partial charge is 0.497 e. The molecule has 1 fully saturated rings. The van der Waals surface area contributed by atoms with Gasteiger partial charge in [-0.25, -0.2) is 0 Å². The number of carbonyl (C=O) groups is 1. The lowest BCUT2D eigenvalue weighted by Crippen LogP contribution is -2.48. The highest BCUT2D eigenvalue weighted by atomic mass is 19.4. The Morgan fingerprint density at radius 3 is 2.42 bits per heavy atom. The zero-order valence-electron chi connectivity index (χ0n) is 14.2. The third-order valence-corrected chi connectivity index (χ3v) is 4.29. The predicted octanol–water partition coefficient (Wildman–Crippen LogP) is 3.07. The van der Waals surface area contributed by atoms with Crippen LogP contribution in [0.25, 0.3) is 0 Å². The lowest BCUT2D eigenvalue weighted by atomic mass is 10.2. The quantitative estimate of drug-likeness (QED) is 0.839. The van der Waals surface area contributed by atoms with E-state index in [1.807, 2.05) is 24.3 Å². The second-order valence-electron chi connectivity index (χ2n) is 5.91. The Morgan fingerprint density at radius 1 is 1.12 bits per heavy atom. The number of anilines is 1. The van der Waals surface area contributed by atoms with E-state index >= 15 is 0 Å². The van der Waals surface area contributed by atoms with E-state index in [1.54, 1.807) is 12.0 Å². The molecule has 1 saturated heterocycles. The van der Waals surface area contributed by atoms with Crippen molar-refractivity contribution in [3.05, 3.63) is 53.9 Å². The standard InChI is InChI=1S/C18H18F3N3O2/c1-26-15-4-2-3-14(11-15)23-7-9-24(10-8-23)17(25)13-5-6-16(22-12-13)18(19,20)21/h2-6,11-12H,7-10H2,1H3. The lowest BCUT2D eigenvalue weighted by Gasteiger charge is -2.36. The first-order valence-electron chi connectivity index (χ1n) is 8.10. The van der Waals surface area contributed by atoms with Gasteiger partial charge in [0.2, 0.25) is 0 Å². The van der Waals surface area contributed by atoms with Crippen LogP contribution in [0.3, 0.4) is 0 Å². The van der Waals surface area contributed by atoms with Gasteiger partial charge in [-0.2, -0.15) is 13.2 Å². The van der Waals surface area contributed by atoms with Crippen molar-refractivity contribution < 1.29 is 22.7 Å². The Balaban J connectivity index is 1.63. The van der Waals surface area contributed by atoms with Crippen LogP contribution in [0.2, 0.25) is 0 Å². The summed E-state index contributed by atoms with van der Waals surface area (Å²) < 4.78 is 42.9. The van der Waals surface area contributed by atoms with Gasteiger partial charge < -0.3 is 14.5 Å². The molecule has 8 heteroatoms. The van der Waals surface area contributed by atoms with Crippen molar-refractivity contribution in [3.8, 4) is 5.75 Å². The lowest BCUT2D eigenvalue weighted by molar-refractivity contribution is -0.141. The van der Waals surface area contributed by atoms with Gasteiger partial charge in [0, 0.05) is 44.1 Å². The highest BCUT2D eigenvalue weighted by molar-refractivity contribution is 5.94. The average Bonchev–Trinajstić information content (AvgIpc) is 2.67. The fraction of sp³-hybridized carbons (Fsp3) is 0.333. The predicted molar refractivity (Wildman–Crippen MR) is 90.3 cm³/mol. The number of carbonyl (C=O) groups excluding carboxylic acids is 1. The van der Waals surface area contributed by atoms with E-state index in [0.717, 1.165) is 23.7 Å². The van der Waals surface area contributed by atoms with Crippen molar-refractivity contribution in [1.82, 2.24) is 9.88 Å². The SMILES string of the molecule is COc1cccc(N2CCN(C(=O)c3ccc(C(F)(F)F)nc3)CC2)c1. The van der Waals surface area contributed by atoms with E-state index < -0.39 is 11.9 Å². The Hall–Kier alpha value is -2.77. The number of halogens is 3. The topological polar surface area (TPSA) is 45.7 Å². The molecule has 2 heterocycles.